The lowest BCUT2D eigenvalue weighted by atomic mass is 10.1. The van der Waals surface area contributed by atoms with Crippen LogP contribution in [0.2, 0.25) is 0 Å². The molecule has 110 valence electrons. The van der Waals surface area contributed by atoms with E-state index in [1.165, 1.54) is 0 Å². The summed E-state index contributed by atoms with van der Waals surface area (Å²) in [6.45, 7) is 2.64. The summed E-state index contributed by atoms with van der Waals surface area (Å²) >= 11 is 0. The number of para-hydroxylation sites is 1. The van der Waals surface area contributed by atoms with Crippen LogP contribution in [0, 0.1) is 0 Å². The van der Waals surface area contributed by atoms with E-state index >= 15 is 0 Å². The van der Waals surface area contributed by atoms with Crippen LogP contribution in [0.15, 0.2) is 36.5 Å². The third-order valence-corrected chi connectivity index (χ3v) is 3.57. The molecule has 0 saturated carbocycles. The molecule has 2 heterocycles. The molecule has 0 aliphatic carbocycles. The topological polar surface area (TPSA) is 63.2 Å². The fraction of sp³-hybridized carbons (Fsp3) is 0.375. The van der Waals surface area contributed by atoms with Crippen molar-refractivity contribution in [3.05, 3.63) is 42.1 Å². The Hall–Kier alpha value is -1.98. The summed E-state index contributed by atoms with van der Waals surface area (Å²) in [6, 6.07) is 10.1. The number of pyridine rings is 1. The van der Waals surface area contributed by atoms with Gasteiger partial charge in [0.15, 0.2) is 0 Å². The van der Waals surface area contributed by atoms with E-state index < -0.39 is 0 Å². The predicted octanol–water partition coefficient (Wildman–Crippen LogP) is 1.23. The fourth-order valence-electron chi connectivity index (χ4n) is 2.46. The van der Waals surface area contributed by atoms with Crippen molar-refractivity contribution in [3.8, 4) is 0 Å². The molecule has 1 fully saturated rings. The summed E-state index contributed by atoms with van der Waals surface area (Å²) in [5, 5.41) is 7.30. The lowest BCUT2D eigenvalue weighted by molar-refractivity contribution is -0.122. The number of morpholine rings is 1. The highest BCUT2D eigenvalue weighted by Crippen LogP contribution is 2.12. The van der Waals surface area contributed by atoms with Crippen LogP contribution in [-0.2, 0) is 16.1 Å². The molecule has 1 aromatic heterocycles. The van der Waals surface area contributed by atoms with E-state index in [0.717, 1.165) is 29.6 Å². The molecule has 1 unspecified atom stereocenters. The summed E-state index contributed by atoms with van der Waals surface area (Å²) in [6.07, 6.45) is 2.26. The van der Waals surface area contributed by atoms with Gasteiger partial charge in [-0.2, -0.15) is 0 Å². The van der Waals surface area contributed by atoms with Crippen LogP contribution < -0.4 is 10.6 Å². The second-order valence-corrected chi connectivity index (χ2v) is 5.24. The van der Waals surface area contributed by atoms with E-state index in [2.05, 4.69) is 21.7 Å². The van der Waals surface area contributed by atoms with Crippen molar-refractivity contribution in [2.75, 3.05) is 19.8 Å². The zero-order valence-corrected chi connectivity index (χ0v) is 11.8. The second-order valence-electron chi connectivity index (χ2n) is 5.24. The van der Waals surface area contributed by atoms with E-state index in [1.807, 2.05) is 30.5 Å². The Morgan fingerprint density at radius 3 is 3.19 bits per heavy atom. The van der Waals surface area contributed by atoms with Gasteiger partial charge >= 0.3 is 0 Å². The Balaban J connectivity index is 1.54. The van der Waals surface area contributed by atoms with E-state index in [-0.39, 0.29) is 11.9 Å². The number of ether oxygens (including phenoxy) is 1. The molecule has 1 saturated heterocycles. The fourth-order valence-corrected chi connectivity index (χ4v) is 2.46. The van der Waals surface area contributed by atoms with Crippen LogP contribution in [-0.4, -0.2) is 36.7 Å². The molecule has 2 N–H and O–H groups in total. The highest BCUT2D eigenvalue weighted by Gasteiger charge is 2.16. The monoisotopic (exact) mass is 285 g/mol. The van der Waals surface area contributed by atoms with Gasteiger partial charge in [0.1, 0.15) is 0 Å². The van der Waals surface area contributed by atoms with E-state index in [0.29, 0.717) is 19.6 Å². The number of amides is 1. The van der Waals surface area contributed by atoms with Gasteiger partial charge in [-0.1, -0.05) is 18.2 Å². The number of fused-ring (bicyclic) bond motifs is 1. The summed E-state index contributed by atoms with van der Waals surface area (Å²) in [5.74, 6) is 0.0335. The standard InChI is InChI=1S/C16H19N3O2/c20-16(8-14-11-21-6-5-17-14)19-10-12-7-13-3-1-2-4-15(13)18-9-12/h1-4,7,9,14,17H,5-6,8,10-11H2,(H,19,20). The lowest BCUT2D eigenvalue weighted by Gasteiger charge is -2.23. The number of nitrogens with one attached hydrogen (secondary N) is 2. The molecule has 1 aliphatic rings. The van der Waals surface area contributed by atoms with E-state index in [1.54, 1.807) is 0 Å². The first kappa shape index (κ1) is 14.0. The zero-order chi connectivity index (χ0) is 14.5. The molecule has 1 aromatic carbocycles. The average molecular weight is 285 g/mol. The van der Waals surface area contributed by atoms with Crippen molar-refractivity contribution in [2.24, 2.45) is 0 Å². The molecular weight excluding hydrogens is 266 g/mol. The van der Waals surface area contributed by atoms with Crippen molar-refractivity contribution in [1.29, 1.82) is 0 Å². The number of hydrogen-bond acceptors (Lipinski definition) is 4. The number of nitrogens with zero attached hydrogens (tertiary/aromatic N) is 1. The van der Waals surface area contributed by atoms with Gasteiger partial charge in [-0.25, -0.2) is 0 Å². The molecule has 1 aliphatic heterocycles. The average Bonchev–Trinajstić information content (AvgIpc) is 2.54. The molecule has 1 amide bonds. The Kier molecular flexibility index (Phi) is 4.43. The molecule has 21 heavy (non-hydrogen) atoms. The summed E-state index contributed by atoms with van der Waals surface area (Å²) in [5.41, 5.74) is 1.98. The Labute approximate surface area is 123 Å². The third-order valence-electron chi connectivity index (χ3n) is 3.57. The predicted molar refractivity (Wildman–Crippen MR) is 80.8 cm³/mol. The van der Waals surface area contributed by atoms with Crippen LogP contribution in [0.1, 0.15) is 12.0 Å². The zero-order valence-electron chi connectivity index (χ0n) is 11.8. The van der Waals surface area contributed by atoms with Crippen molar-refractivity contribution in [1.82, 2.24) is 15.6 Å². The molecule has 5 nitrogen and oxygen atoms in total. The number of carbonyl (C=O) groups is 1. The first-order chi connectivity index (χ1) is 10.3. The molecule has 5 heteroatoms. The van der Waals surface area contributed by atoms with Crippen molar-refractivity contribution >= 4 is 16.8 Å². The summed E-state index contributed by atoms with van der Waals surface area (Å²) in [4.78, 5) is 16.3. The third kappa shape index (κ3) is 3.77. The maximum atomic E-state index is 11.9. The minimum atomic E-state index is 0.0335. The van der Waals surface area contributed by atoms with Gasteiger partial charge in [-0.3, -0.25) is 9.78 Å². The minimum Gasteiger partial charge on any atom is -0.378 e. The van der Waals surface area contributed by atoms with Crippen molar-refractivity contribution in [3.63, 3.8) is 0 Å². The lowest BCUT2D eigenvalue weighted by Crippen LogP contribution is -2.44. The Bertz CT molecular complexity index is 624. The van der Waals surface area contributed by atoms with Crippen LogP contribution in [0.3, 0.4) is 0 Å². The molecule has 1 atom stereocenters. The second kappa shape index (κ2) is 6.65. The SMILES string of the molecule is O=C(CC1COCCN1)NCc1cnc2ccccc2c1. The number of rotatable bonds is 4. The maximum absolute atomic E-state index is 11.9. The van der Waals surface area contributed by atoms with Gasteiger partial charge in [0.05, 0.1) is 18.7 Å². The van der Waals surface area contributed by atoms with Gasteiger partial charge in [0.25, 0.3) is 0 Å². The minimum absolute atomic E-state index is 0.0335. The smallest absolute Gasteiger partial charge is 0.221 e. The van der Waals surface area contributed by atoms with Crippen LogP contribution in [0.4, 0.5) is 0 Å². The number of benzene rings is 1. The first-order valence-corrected chi connectivity index (χ1v) is 7.23. The van der Waals surface area contributed by atoms with Crippen LogP contribution >= 0.6 is 0 Å². The van der Waals surface area contributed by atoms with Crippen molar-refractivity contribution < 1.29 is 9.53 Å². The van der Waals surface area contributed by atoms with Gasteiger partial charge in [-0.05, 0) is 17.7 Å². The van der Waals surface area contributed by atoms with Gasteiger partial charge in [-0.15, -0.1) is 0 Å². The maximum Gasteiger partial charge on any atom is 0.221 e. The van der Waals surface area contributed by atoms with Gasteiger partial charge in [0.2, 0.25) is 5.91 Å². The molecular formula is C16H19N3O2. The van der Waals surface area contributed by atoms with Crippen LogP contribution in [0.25, 0.3) is 10.9 Å². The van der Waals surface area contributed by atoms with E-state index in [9.17, 15) is 4.79 Å². The van der Waals surface area contributed by atoms with Gasteiger partial charge in [0, 0.05) is 37.1 Å². The quantitative estimate of drug-likeness (QED) is 0.887. The molecule has 0 bridgehead atoms. The number of hydrogen-bond donors (Lipinski definition) is 2. The molecule has 0 spiro atoms. The Morgan fingerprint density at radius 2 is 2.33 bits per heavy atom. The molecule has 0 radical (unpaired) electrons. The van der Waals surface area contributed by atoms with Crippen molar-refractivity contribution in [2.45, 2.75) is 19.0 Å². The summed E-state index contributed by atoms with van der Waals surface area (Å²) in [7, 11) is 0. The highest BCUT2D eigenvalue weighted by molar-refractivity contribution is 5.79. The number of carbonyl (C=O) groups excluding carboxylic acids is 1. The largest absolute Gasteiger partial charge is 0.378 e. The highest BCUT2D eigenvalue weighted by atomic mass is 16.5. The number of aromatic nitrogens is 1. The van der Waals surface area contributed by atoms with Crippen LogP contribution in [0.5, 0.6) is 0 Å². The molecule has 3 rings (SSSR count). The Morgan fingerprint density at radius 1 is 1.43 bits per heavy atom. The summed E-state index contributed by atoms with van der Waals surface area (Å²) < 4.78 is 5.34. The van der Waals surface area contributed by atoms with E-state index in [4.69, 9.17) is 4.74 Å². The first-order valence-electron chi connectivity index (χ1n) is 7.23. The molecule has 2 aromatic rings. The normalized spacial score (nSPS) is 18.6. The van der Waals surface area contributed by atoms with Gasteiger partial charge < -0.3 is 15.4 Å².